The highest BCUT2D eigenvalue weighted by Crippen LogP contribution is 2.28. The summed E-state index contributed by atoms with van der Waals surface area (Å²) in [5.41, 5.74) is 0. The number of hydrogen-bond acceptors (Lipinski definition) is 4. The number of nitrogens with zero attached hydrogens (tertiary/aromatic N) is 1. The van der Waals surface area contributed by atoms with Crippen LogP contribution in [0.2, 0.25) is 0 Å². The van der Waals surface area contributed by atoms with Crippen LogP contribution in [0.1, 0.15) is 17.7 Å². The Morgan fingerprint density at radius 1 is 1.50 bits per heavy atom. The summed E-state index contributed by atoms with van der Waals surface area (Å²) in [5.74, 6) is 0.273. The number of sulfone groups is 1. The third-order valence-corrected chi connectivity index (χ3v) is 4.54. The van der Waals surface area contributed by atoms with Crippen molar-refractivity contribution in [2.75, 3.05) is 18.6 Å². The second-order valence-electron chi connectivity index (χ2n) is 4.41. The van der Waals surface area contributed by atoms with E-state index < -0.39 is 9.84 Å². The molecular weight excluding hydrogens is 242 g/mol. The van der Waals surface area contributed by atoms with Crippen molar-refractivity contribution in [3.05, 3.63) is 22.4 Å². The van der Waals surface area contributed by atoms with Crippen molar-refractivity contribution in [3.63, 3.8) is 0 Å². The largest absolute Gasteiger partial charge is 0.294 e. The van der Waals surface area contributed by atoms with Crippen LogP contribution in [0.4, 0.5) is 0 Å². The molecule has 0 saturated heterocycles. The van der Waals surface area contributed by atoms with E-state index in [2.05, 4.69) is 16.3 Å². The summed E-state index contributed by atoms with van der Waals surface area (Å²) in [6.45, 7) is 1.57. The molecule has 16 heavy (non-hydrogen) atoms. The van der Waals surface area contributed by atoms with Crippen LogP contribution in [0.5, 0.6) is 0 Å². The molecule has 0 unspecified atom stereocenters. The van der Waals surface area contributed by atoms with Gasteiger partial charge in [0.25, 0.3) is 0 Å². The van der Waals surface area contributed by atoms with Gasteiger partial charge >= 0.3 is 0 Å². The Morgan fingerprint density at radius 3 is 2.75 bits per heavy atom. The zero-order chi connectivity index (χ0) is 11.6. The molecule has 1 heterocycles. The standard InChI is InChI=1S/C11H17NO2S2/c1-16(13,14)8-6-12(10-4-5-10)9-11-3-2-7-15-11/h2-3,7,10H,4-6,8-9H2,1H3. The van der Waals surface area contributed by atoms with E-state index >= 15 is 0 Å². The first-order chi connectivity index (χ1) is 7.54. The van der Waals surface area contributed by atoms with Crippen LogP contribution in [0.3, 0.4) is 0 Å². The molecule has 0 N–H and O–H groups in total. The van der Waals surface area contributed by atoms with Crippen molar-refractivity contribution in [1.82, 2.24) is 4.90 Å². The molecule has 0 spiro atoms. The zero-order valence-corrected chi connectivity index (χ0v) is 11.1. The molecule has 1 saturated carbocycles. The van der Waals surface area contributed by atoms with E-state index in [4.69, 9.17) is 0 Å². The number of hydrogen-bond donors (Lipinski definition) is 0. The Labute approximate surface area is 101 Å². The topological polar surface area (TPSA) is 37.4 Å². The smallest absolute Gasteiger partial charge is 0.148 e. The molecule has 1 aliphatic carbocycles. The van der Waals surface area contributed by atoms with Gasteiger partial charge in [0, 0.05) is 30.3 Å². The summed E-state index contributed by atoms with van der Waals surface area (Å²) in [6, 6.07) is 4.77. The van der Waals surface area contributed by atoms with Gasteiger partial charge in [-0.3, -0.25) is 4.90 Å². The predicted octanol–water partition coefficient (Wildman–Crippen LogP) is 1.76. The van der Waals surface area contributed by atoms with Gasteiger partial charge in [-0.25, -0.2) is 8.42 Å². The van der Waals surface area contributed by atoms with E-state index in [0.29, 0.717) is 12.6 Å². The molecular formula is C11H17NO2S2. The number of thiophene rings is 1. The Bertz CT molecular complexity index is 421. The maximum atomic E-state index is 11.2. The van der Waals surface area contributed by atoms with Crippen molar-refractivity contribution in [2.24, 2.45) is 0 Å². The van der Waals surface area contributed by atoms with Gasteiger partial charge in [0.05, 0.1) is 5.75 Å². The second-order valence-corrected chi connectivity index (χ2v) is 7.70. The molecule has 2 rings (SSSR count). The van der Waals surface area contributed by atoms with Crippen molar-refractivity contribution < 1.29 is 8.42 Å². The van der Waals surface area contributed by atoms with Crippen molar-refractivity contribution in [2.45, 2.75) is 25.4 Å². The molecule has 0 radical (unpaired) electrons. The highest BCUT2D eigenvalue weighted by atomic mass is 32.2. The van der Waals surface area contributed by atoms with E-state index in [1.807, 2.05) is 6.07 Å². The van der Waals surface area contributed by atoms with Crippen molar-refractivity contribution >= 4 is 21.2 Å². The fourth-order valence-electron chi connectivity index (χ4n) is 1.72. The maximum Gasteiger partial charge on any atom is 0.148 e. The van der Waals surface area contributed by atoms with Crippen LogP contribution in [0.25, 0.3) is 0 Å². The molecule has 0 aromatic carbocycles. The van der Waals surface area contributed by atoms with Gasteiger partial charge < -0.3 is 0 Å². The van der Waals surface area contributed by atoms with E-state index in [1.54, 1.807) is 11.3 Å². The lowest BCUT2D eigenvalue weighted by molar-refractivity contribution is 0.272. The average molecular weight is 259 g/mol. The minimum atomic E-state index is -2.84. The van der Waals surface area contributed by atoms with Crippen LogP contribution in [0, 0.1) is 0 Å². The summed E-state index contributed by atoms with van der Waals surface area (Å²) in [7, 11) is -2.84. The van der Waals surface area contributed by atoms with Gasteiger partial charge in [0.2, 0.25) is 0 Å². The van der Waals surface area contributed by atoms with E-state index in [0.717, 1.165) is 6.54 Å². The predicted molar refractivity (Wildman–Crippen MR) is 67.5 cm³/mol. The molecule has 1 aromatic heterocycles. The minimum absolute atomic E-state index is 0.273. The zero-order valence-electron chi connectivity index (χ0n) is 9.43. The molecule has 3 nitrogen and oxygen atoms in total. The van der Waals surface area contributed by atoms with Crippen molar-refractivity contribution in [3.8, 4) is 0 Å². The van der Waals surface area contributed by atoms with Gasteiger partial charge in [0.15, 0.2) is 0 Å². The quantitative estimate of drug-likeness (QED) is 0.781. The lowest BCUT2D eigenvalue weighted by atomic mass is 10.4. The fourth-order valence-corrected chi connectivity index (χ4v) is 3.01. The second kappa shape index (κ2) is 4.85. The molecule has 1 fully saturated rings. The lowest BCUT2D eigenvalue weighted by Gasteiger charge is -2.20. The third kappa shape index (κ3) is 3.88. The Balaban J connectivity index is 1.90. The van der Waals surface area contributed by atoms with E-state index in [-0.39, 0.29) is 5.75 Å². The molecule has 0 aliphatic heterocycles. The lowest BCUT2D eigenvalue weighted by Crippen LogP contribution is -2.30. The summed E-state index contributed by atoms with van der Waals surface area (Å²) in [5, 5.41) is 2.07. The monoisotopic (exact) mass is 259 g/mol. The van der Waals surface area contributed by atoms with Gasteiger partial charge in [0.1, 0.15) is 9.84 Å². The van der Waals surface area contributed by atoms with Crippen LogP contribution >= 0.6 is 11.3 Å². The number of rotatable bonds is 6. The first kappa shape index (κ1) is 12.1. The summed E-state index contributed by atoms with van der Waals surface area (Å²) < 4.78 is 22.3. The maximum absolute atomic E-state index is 11.2. The highest BCUT2D eigenvalue weighted by molar-refractivity contribution is 7.90. The average Bonchev–Trinajstić information content (AvgIpc) is 2.90. The van der Waals surface area contributed by atoms with E-state index in [9.17, 15) is 8.42 Å². The molecule has 0 amide bonds. The fraction of sp³-hybridized carbons (Fsp3) is 0.636. The van der Waals surface area contributed by atoms with Gasteiger partial charge in [-0.15, -0.1) is 11.3 Å². The third-order valence-electron chi connectivity index (χ3n) is 2.75. The van der Waals surface area contributed by atoms with Gasteiger partial charge in [-0.05, 0) is 24.3 Å². The summed E-state index contributed by atoms with van der Waals surface area (Å²) in [6.07, 6.45) is 3.74. The Hall–Kier alpha value is -0.390. The Kier molecular flexibility index (Phi) is 3.66. The molecule has 0 bridgehead atoms. The summed E-state index contributed by atoms with van der Waals surface area (Å²) in [4.78, 5) is 3.62. The normalized spacial score (nSPS) is 16.9. The molecule has 1 aliphatic rings. The summed E-state index contributed by atoms with van der Waals surface area (Å²) >= 11 is 1.74. The molecule has 90 valence electrons. The van der Waals surface area contributed by atoms with Gasteiger partial charge in [-0.2, -0.15) is 0 Å². The first-order valence-electron chi connectivity index (χ1n) is 5.49. The molecule has 0 atom stereocenters. The van der Waals surface area contributed by atoms with Crippen LogP contribution in [-0.4, -0.2) is 37.9 Å². The van der Waals surface area contributed by atoms with Gasteiger partial charge in [-0.1, -0.05) is 6.07 Å². The SMILES string of the molecule is CS(=O)(=O)CCN(Cc1cccs1)C1CC1. The van der Waals surface area contributed by atoms with Crippen molar-refractivity contribution in [1.29, 1.82) is 0 Å². The highest BCUT2D eigenvalue weighted by Gasteiger charge is 2.29. The molecule has 1 aromatic rings. The van der Waals surface area contributed by atoms with E-state index in [1.165, 1.54) is 24.0 Å². The van der Waals surface area contributed by atoms with Crippen LogP contribution < -0.4 is 0 Å². The molecule has 5 heteroatoms. The van der Waals surface area contributed by atoms with Crippen LogP contribution in [0.15, 0.2) is 17.5 Å². The first-order valence-corrected chi connectivity index (χ1v) is 8.43. The van der Waals surface area contributed by atoms with Crippen LogP contribution in [-0.2, 0) is 16.4 Å². The Morgan fingerprint density at radius 2 is 2.25 bits per heavy atom. The minimum Gasteiger partial charge on any atom is -0.294 e.